The second-order valence-corrected chi connectivity index (χ2v) is 13.0. The smallest absolute Gasteiger partial charge is 0.312 e. The summed E-state index contributed by atoms with van der Waals surface area (Å²) in [5, 5.41) is 10.7. The summed E-state index contributed by atoms with van der Waals surface area (Å²) in [6.45, 7) is 13.2. The maximum Gasteiger partial charge on any atom is 0.312 e. The molecule has 1 N–H and O–H groups in total. The molecule has 0 aliphatic carbocycles. The van der Waals surface area contributed by atoms with Gasteiger partial charge in [-0.1, -0.05) is 65.0 Å². The van der Waals surface area contributed by atoms with E-state index in [0.29, 0.717) is 18.5 Å². The van der Waals surface area contributed by atoms with Gasteiger partial charge in [-0.25, -0.2) is 0 Å². The molecule has 2 amide bonds. The van der Waals surface area contributed by atoms with Crippen LogP contribution in [0.25, 0.3) is 0 Å². The highest BCUT2D eigenvalue weighted by molar-refractivity contribution is 9.09. The maximum atomic E-state index is 14.9. The number of nitrogens with zero attached hydrogens (tertiary/aromatic N) is 3. The van der Waals surface area contributed by atoms with Crippen molar-refractivity contribution in [3.05, 3.63) is 85.5 Å². The Labute approximate surface area is 273 Å². The van der Waals surface area contributed by atoms with Crippen LogP contribution in [0, 0.1) is 11.8 Å². The summed E-state index contributed by atoms with van der Waals surface area (Å²) in [5.74, 6) is -3.15. The van der Waals surface area contributed by atoms with E-state index in [1.165, 1.54) is 11.0 Å². The van der Waals surface area contributed by atoms with Crippen LogP contribution in [0.15, 0.2) is 79.9 Å². The van der Waals surface area contributed by atoms with Crippen LogP contribution < -0.4 is 9.80 Å². The van der Waals surface area contributed by atoms with Gasteiger partial charge in [0.05, 0.1) is 30.6 Å². The van der Waals surface area contributed by atoms with E-state index in [4.69, 9.17) is 9.47 Å². The molecule has 9 nitrogen and oxygen atoms in total. The normalized spacial score (nSPS) is 27.2. The van der Waals surface area contributed by atoms with Crippen molar-refractivity contribution in [3.63, 3.8) is 0 Å². The number of rotatable bonds is 14. The summed E-state index contributed by atoms with van der Waals surface area (Å²) in [4.78, 5) is 48.0. The summed E-state index contributed by atoms with van der Waals surface area (Å²) in [7, 11) is 0. The van der Waals surface area contributed by atoms with Gasteiger partial charge in [0.25, 0.3) is 5.91 Å². The lowest BCUT2D eigenvalue weighted by molar-refractivity contribution is -0.154. The number of hydrogen-bond donors (Lipinski definition) is 1. The van der Waals surface area contributed by atoms with Crippen molar-refractivity contribution in [2.45, 2.75) is 55.3 Å². The first-order valence-corrected chi connectivity index (χ1v) is 16.5. The molecule has 3 aliphatic heterocycles. The van der Waals surface area contributed by atoms with E-state index in [2.05, 4.69) is 47.8 Å². The zero-order valence-corrected chi connectivity index (χ0v) is 27.5. The molecule has 240 valence electrons. The molecule has 0 radical (unpaired) electrons. The van der Waals surface area contributed by atoms with Crippen molar-refractivity contribution in [1.82, 2.24) is 4.90 Å². The van der Waals surface area contributed by atoms with E-state index in [-0.39, 0.29) is 36.4 Å². The van der Waals surface area contributed by atoms with Crippen molar-refractivity contribution in [2.75, 3.05) is 42.6 Å². The molecule has 10 heteroatoms. The number of carbonyl (C=O) groups excluding carboxylic acids is 3. The Balaban J connectivity index is 1.59. The first-order chi connectivity index (χ1) is 21.8. The number of hydrogen-bond acceptors (Lipinski definition) is 7. The molecule has 2 aromatic carbocycles. The minimum atomic E-state index is -1.30. The molecule has 7 atom stereocenters. The minimum absolute atomic E-state index is 0.00113. The number of carbonyl (C=O) groups is 3. The van der Waals surface area contributed by atoms with E-state index in [9.17, 15) is 19.5 Å². The van der Waals surface area contributed by atoms with E-state index in [1.54, 1.807) is 11.0 Å². The van der Waals surface area contributed by atoms with Crippen molar-refractivity contribution in [1.29, 1.82) is 0 Å². The second kappa shape index (κ2) is 13.9. The second-order valence-electron chi connectivity index (χ2n) is 11.8. The zero-order valence-electron chi connectivity index (χ0n) is 25.9. The van der Waals surface area contributed by atoms with Crippen molar-refractivity contribution in [3.8, 4) is 0 Å². The Morgan fingerprint density at radius 2 is 1.78 bits per heavy atom. The summed E-state index contributed by atoms with van der Waals surface area (Å²) >= 11 is 3.70. The van der Waals surface area contributed by atoms with Gasteiger partial charge in [-0.05, 0) is 56.5 Å². The van der Waals surface area contributed by atoms with Crippen LogP contribution >= 0.6 is 15.9 Å². The van der Waals surface area contributed by atoms with Gasteiger partial charge in [0.1, 0.15) is 18.2 Å². The molecule has 3 aliphatic rings. The fourth-order valence-electron chi connectivity index (χ4n) is 7.42. The van der Waals surface area contributed by atoms with Crippen LogP contribution in [0.2, 0.25) is 0 Å². The predicted molar refractivity (Wildman–Crippen MR) is 177 cm³/mol. The molecular formula is C35H42BrN3O6. The molecule has 45 heavy (non-hydrogen) atoms. The van der Waals surface area contributed by atoms with Gasteiger partial charge in [-0.3, -0.25) is 14.4 Å². The first-order valence-electron chi connectivity index (χ1n) is 15.6. The highest BCUT2D eigenvalue weighted by Gasteiger charge is 2.77. The van der Waals surface area contributed by atoms with E-state index >= 15 is 0 Å². The first kappa shape index (κ1) is 32.9. The van der Waals surface area contributed by atoms with E-state index in [0.717, 1.165) is 24.3 Å². The monoisotopic (exact) mass is 679 g/mol. The Hall–Kier alpha value is -3.47. The lowest BCUT2D eigenvalue weighted by atomic mass is 9.70. The number of aliphatic hydroxyl groups excluding tert-OH is 1. The summed E-state index contributed by atoms with van der Waals surface area (Å²) in [6, 6.07) is 15.5. The number of anilines is 2. The minimum Gasteiger partial charge on any atom is -0.461 e. The lowest BCUT2D eigenvalue weighted by Gasteiger charge is -2.39. The zero-order chi connectivity index (χ0) is 32.3. The number of benzene rings is 2. The van der Waals surface area contributed by atoms with Crippen molar-refractivity contribution >= 4 is 45.1 Å². The average molecular weight is 681 g/mol. The van der Waals surface area contributed by atoms with Gasteiger partial charge in [-0.15, -0.1) is 6.58 Å². The number of fused-ring (bicyclic) bond motifs is 1. The van der Waals surface area contributed by atoms with Gasteiger partial charge in [0.15, 0.2) is 0 Å². The Morgan fingerprint density at radius 1 is 1.11 bits per heavy atom. The molecular weight excluding hydrogens is 638 g/mol. The molecule has 1 spiro atoms. The van der Waals surface area contributed by atoms with Crippen LogP contribution in [0.4, 0.5) is 11.4 Å². The van der Waals surface area contributed by atoms with Gasteiger partial charge >= 0.3 is 5.97 Å². The third kappa shape index (κ3) is 5.84. The quantitative estimate of drug-likeness (QED) is 0.182. The number of alkyl halides is 1. The maximum absolute atomic E-state index is 14.9. The van der Waals surface area contributed by atoms with E-state index < -0.39 is 41.6 Å². The number of likely N-dealkylation sites (tertiary alicyclic amines) is 1. The average Bonchev–Trinajstić information content (AvgIpc) is 3.65. The van der Waals surface area contributed by atoms with Crippen LogP contribution in [0.3, 0.4) is 0 Å². The molecule has 2 aromatic rings. The molecule has 3 heterocycles. The molecule has 5 rings (SSSR count). The number of amides is 2. The molecule has 3 fully saturated rings. The highest BCUT2D eigenvalue weighted by atomic mass is 79.9. The third-order valence-electron chi connectivity index (χ3n) is 9.36. The Bertz CT molecular complexity index is 1400. The molecule has 3 saturated heterocycles. The number of ether oxygens (including phenoxy) is 2. The SMILES string of the molecule is C=CCOC(=O)[C@H]1[C@H]2C(=O)N([C@@H](CO)Cc3ccccc3)C(C(=O)N(CC=C)c3ccc(N(CC)CC)cc3)C23CC(Br)[C@@H]1O3. The van der Waals surface area contributed by atoms with Crippen LogP contribution in [-0.2, 0) is 30.3 Å². The largest absolute Gasteiger partial charge is 0.461 e. The summed E-state index contributed by atoms with van der Waals surface area (Å²) in [5.41, 5.74) is 1.30. The van der Waals surface area contributed by atoms with Crippen LogP contribution in [0.1, 0.15) is 25.8 Å². The Kier molecular flexibility index (Phi) is 10.2. The number of aliphatic hydroxyl groups is 1. The summed E-state index contributed by atoms with van der Waals surface area (Å²) in [6.07, 6.45) is 3.15. The molecule has 0 saturated carbocycles. The third-order valence-corrected chi connectivity index (χ3v) is 10.2. The topological polar surface area (TPSA) is 99.6 Å². The van der Waals surface area contributed by atoms with Crippen molar-refractivity contribution < 1.29 is 29.0 Å². The highest BCUT2D eigenvalue weighted by Crippen LogP contribution is 2.61. The van der Waals surface area contributed by atoms with Gasteiger partial charge in [0, 0.05) is 35.8 Å². The van der Waals surface area contributed by atoms with E-state index in [1.807, 2.05) is 54.6 Å². The lowest BCUT2D eigenvalue weighted by Crippen LogP contribution is -2.59. The van der Waals surface area contributed by atoms with Crippen LogP contribution in [0.5, 0.6) is 0 Å². The van der Waals surface area contributed by atoms with Crippen LogP contribution in [-0.4, -0.2) is 89.3 Å². The number of esters is 1. The van der Waals surface area contributed by atoms with Gasteiger partial charge < -0.3 is 29.3 Å². The summed E-state index contributed by atoms with van der Waals surface area (Å²) < 4.78 is 12.1. The van der Waals surface area contributed by atoms with Gasteiger partial charge in [0.2, 0.25) is 5.91 Å². The molecule has 3 unspecified atom stereocenters. The fourth-order valence-corrected chi connectivity index (χ4v) is 8.36. The molecule has 0 aromatic heterocycles. The fraction of sp³-hybridized carbons (Fsp3) is 0.457. The predicted octanol–water partition coefficient (Wildman–Crippen LogP) is 4.13. The number of halogens is 1. The van der Waals surface area contributed by atoms with Gasteiger partial charge in [-0.2, -0.15) is 0 Å². The van der Waals surface area contributed by atoms with Crippen molar-refractivity contribution in [2.24, 2.45) is 11.8 Å². The standard InChI is InChI=1S/C35H42BrN3O6/c1-5-18-38(25-16-14-24(15-17-25)37(7-3)8-4)33(42)31-35-21-27(36)30(45-35)28(34(43)44-19-6-2)29(35)32(41)39(31)26(22-40)20-23-12-10-9-11-13-23/h5-6,9-17,26-31,40H,1-2,7-8,18-22H2,3-4H3/t26-,27?,28+,29+,30+,31?,35?/m1/s1. The molecule has 2 bridgehead atoms. The Morgan fingerprint density at radius 3 is 2.38 bits per heavy atom.